The van der Waals surface area contributed by atoms with Gasteiger partial charge in [-0.25, -0.2) is 0 Å². The summed E-state index contributed by atoms with van der Waals surface area (Å²) < 4.78 is 4.85. The molecule has 102 valence electrons. The monoisotopic (exact) mass is 261 g/mol. The van der Waals surface area contributed by atoms with Crippen LogP contribution >= 0.6 is 0 Å². The number of carbonyl (C=O) groups excluding carboxylic acids is 2. The Morgan fingerprint density at radius 3 is 2.58 bits per heavy atom. The second kappa shape index (κ2) is 8.08. The fourth-order valence-corrected chi connectivity index (χ4v) is 1.66. The Kier molecular flexibility index (Phi) is 6.36. The van der Waals surface area contributed by atoms with Crippen molar-refractivity contribution in [1.82, 2.24) is 4.90 Å². The predicted molar refractivity (Wildman–Crippen MR) is 73.6 cm³/mol. The summed E-state index contributed by atoms with van der Waals surface area (Å²) in [7, 11) is 0. The van der Waals surface area contributed by atoms with Crippen LogP contribution in [0, 0.1) is 0 Å². The first-order valence-electron chi connectivity index (χ1n) is 6.25. The maximum Gasteiger partial charge on any atom is 0.325 e. The van der Waals surface area contributed by atoms with E-state index in [1.54, 1.807) is 13.0 Å². The molecule has 0 aliphatic carbocycles. The normalized spacial score (nSPS) is 9.74. The van der Waals surface area contributed by atoms with Crippen molar-refractivity contribution in [2.75, 3.05) is 19.7 Å². The molecule has 1 aromatic carbocycles. The lowest BCUT2D eigenvalue weighted by Gasteiger charge is -2.20. The van der Waals surface area contributed by atoms with Crippen LogP contribution in [0.5, 0.6) is 0 Å². The number of amides is 1. The summed E-state index contributed by atoms with van der Waals surface area (Å²) in [6, 6.07) is 9.43. The van der Waals surface area contributed by atoms with Crippen LogP contribution in [0.25, 0.3) is 0 Å². The van der Waals surface area contributed by atoms with Gasteiger partial charge in [-0.2, -0.15) is 0 Å². The van der Waals surface area contributed by atoms with Gasteiger partial charge in [-0.3, -0.25) is 9.59 Å². The third-order valence-electron chi connectivity index (χ3n) is 2.53. The molecule has 1 aromatic rings. The number of carbonyl (C=O) groups is 2. The van der Waals surface area contributed by atoms with Gasteiger partial charge in [0.25, 0.3) is 0 Å². The van der Waals surface area contributed by atoms with Gasteiger partial charge in [0.05, 0.1) is 13.0 Å². The lowest BCUT2D eigenvalue weighted by Crippen LogP contribution is -2.37. The van der Waals surface area contributed by atoms with Crippen molar-refractivity contribution in [1.29, 1.82) is 0 Å². The topological polar surface area (TPSA) is 46.6 Å². The van der Waals surface area contributed by atoms with Gasteiger partial charge in [0, 0.05) is 6.54 Å². The van der Waals surface area contributed by atoms with Crippen molar-refractivity contribution in [3.63, 3.8) is 0 Å². The van der Waals surface area contributed by atoms with Gasteiger partial charge < -0.3 is 9.64 Å². The van der Waals surface area contributed by atoms with Crippen molar-refractivity contribution < 1.29 is 14.3 Å². The molecule has 19 heavy (non-hydrogen) atoms. The number of hydrogen-bond acceptors (Lipinski definition) is 3. The molecule has 0 aliphatic heterocycles. The van der Waals surface area contributed by atoms with E-state index in [0.29, 0.717) is 13.2 Å². The third kappa shape index (κ3) is 5.38. The fraction of sp³-hybridized carbons (Fsp3) is 0.333. The highest BCUT2D eigenvalue weighted by Gasteiger charge is 2.16. The second-order valence-corrected chi connectivity index (χ2v) is 4.03. The van der Waals surface area contributed by atoms with Crippen LogP contribution in [-0.4, -0.2) is 36.5 Å². The average Bonchev–Trinajstić information content (AvgIpc) is 2.39. The predicted octanol–water partition coefficient (Wildman–Crippen LogP) is 1.81. The van der Waals surface area contributed by atoms with Crippen LogP contribution in [-0.2, 0) is 20.7 Å². The number of rotatable bonds is 7. The molecule has 0 fully saturated rings. The van der Waals surface area contributed by atoms with Gasteiger partial charge in [-0.05, 0) is 12.5 Å². The zero-order valence-electron chi connectivity index (χ0n) is 11.2. The summed E-state index contributed by atoms with van der Waals surface area (Å²) in [4.78, 5) is 25.0. The van der Waals surface area contributed by atoms with E-state index in [4.69, 9.17) is 4.74 Å². The van der Waals surface area contributed by atoms with Crippen LogP contribution < -0.4 is 0 Å². The molecule has 0 saturated carbocycles. The molecule has 4 nitrogen and oxygen atoms in total. The minimum atomic E-state index is -0.397. The van der Waals surface area contributed by atoms with Crippen molar-refractivity contribution in [2.24, 2.45) is 0 Å². The largest absolute Gasteiger partial charge is 0.465 e. The number of esters is 1. The first-order valence-corrected chi connectivity index (χ1v) is 6.25. The first-order chi connectivity index (χ1) is 9.17. The Morgan fingerprint density at radius 1 is 1.32 bits per heavy atom. The Hall–Kier alpha value is -2.10. The Balaban J connectivity index is 2.62. The summed E-state index contributed by atoms with van der Waals surface area (Å²) in [6.45, 7) is 5.95. The van der Waals surface area contributed by atoms with Crippen LogP contribution in [0.15, 0.2) is 43.0 Å². The molecule has 0 atom stereocenters. The summed E-state index contributed by atoms with van der Waals surface area (Å²) >= 11 is 0. The highest BCUT2D eigenvalue weighted by molar-refractivity contribution is 5.83. The lowest BCUT2D eigenvalue weighted by molar-refractivity contribution is -0.148. The summed E-state index contributed by atoms with van der Waals surface area (Å²) in [5, 5.41) is 0. The van der Waals surface area contributed by atoms with Gasteiger partial charge in [-0.15, -0.1) is 6.58 Å². The van der Waals surface area contributed by atoms with Gasteiger partial charge in [-0.1, -0.05) is 36.4 Å². The van der Waals surface area contributed by atoms with Crippen LogP contribution in [0.3, 0.4) is 0 Å². The molecular weight excluding hydrogens is 242 g/mol. The Bertz CT molecular complexity index is 428. The third-order valence-corrected chi connectivity index (χ3v) is 2.53. The molecule has 0 heterocycles. The number of hydrogen-bond donors (Lipinski definition) is 0. The molecule has 0 unspecified atom stereocenters. The first kappa shape index (κ1) is 15.0. The lowest BCUT2D eigenvalue weighted by atomic mass is 10.1. The quantitative estimate of drug-likeness (QED) is 0.555. The highest BCUT2D eigenvalue weighted by Crippen LogP contribution is 2.03. The number of benzene rings is 1. The van der Waals surface area contributed by atoms with E-state index in [1.807, 2.05) is 30.3 Å². The molecule has 0 N–H and O–H groups in total. The van der Waals surface area contributed by atoms with E-state index in [-0.39, 0.29) is 18.9 Å². The van der Waals surface area contributed by atoms with Gasteiger partial charge in [0.1, 0.15) is 6.54 Å². The SMILES string of the molecule is C=CCN(CC(=O)OCC)C(=O)Cc1ccccc1. The molecule has 1 amide bonds. The summed E-state index contributed by atoms with van der Waals surface area (Å²) in [5.41, 5.74) is 0.922. The van der Waals surface area contributed by atoms with E-state index in [0.717, 1.165) is 5.56 Å². The Labute approximate surface area is 113 Å². The molecule has 0 aromatic heterocycles. The summed E-state index contributed by atoms with van der Waals surface area (Å²) in [5.74, 6) is -0.509. The van der Waals surface area contributed by atoms with Crippen molar-refractivity contribution in [3.05, 3.63) is 48.6 Å². The van der Waals surface area contributed by atoms with Crippen LogP contribution in [0.4, 0.5) is 0 Å². The van der Waals surface area contributed by atoms with Gasteiger partial charge >= 0.3 is 5.97 Å². The number of ether oxygens (including phenoxy) is 1. The van der Waals surface area contributed by atoms with E-state index in [1.165, 1.54) is 4.90 Å². The molecule has 0 bridgehead atoms. The molecule has 1 rings (SSSR count). The van der Waals surface area contributed by atoms with Gasteiger partial charge in [0.15, 0.2) is 0 Å². The zero-order chi connectivity index (χ0) is 14.1. The van der Waals surface area contributed by atoms with Crippen molar-refractivity contribution in [3.8, 4) is 0 Å². The van der Waals surface area contributed by atoms with Crippen LogP contribution in [0.2, 0.25) is 0 Å². The van der Waals surface area contributed by atoms with Crippen LogP contribution in [0.1, 0.15) is 12.5 Å². The average molecular weight is 261 g/mol. The number of nitrogens with zero attached hydrogens (tertiary/aromatic N) is 1. The highest BCUT2D eigenvalue weighted by atomic mass is 16.5. The minimum absolute atomic E-state index is 0.0362. The second-order valence-electron chi connectivity index (χ2n) is 4.03. The van der Waals surface area contributed by atoms with E-state index in [2.05, 4.69) is 6.58 Å². The van der Waals surface area contributed by atoms with Gasteiger partial charge in [0.2, 0.25) is 5.91 Å². The molecular formula is C15H19NO3. The fourth-order valence-electron chi connectivity index (χ4n) is 1.66. The maximum absolute atomic E-state index is 12.1. The standard InChI is InChI=1S/C15H19NO3/c1-3-10-16(12-15(18)19-4-2)14(17)11-13-8-6-5-7-9-13/h3,5-9H,1,4,10-12H2,2H3. The van der Waals surface area contributed by atoms with E-state index >= 15 is 0 Å². The molecule has 0 saturated heterocycles. The smallest absolute Gasteiger partial charge is 0.325 e. The zero-order valence-corrected chi connectivity index (χ0v) is 11.2. The minimum Gasteiger partial charge on any atom is -0.465 e. The van der Waals surface area contributed by atoms with E-state index in [9.17, 15) is 9.59 Å². The van der Waals surface area contributed by atoms with Crippen molar-refractivity contribution >= 4 is 11.9 Å². The molecule has 0 radical (unpaired) electrons. The molecule has 0 aliphatic rings. The van der Waals surface area contributed by atoms with E-state index < -0.39 is 5.97 Å². The Morgan fingerprint density at radius 2 is 2.00 bits per heavy atom. The molecule has 4 heteroatoms. The van der Waals surface area contributed by atoms with Crippen molar-refractivity contribution in [2.45, 2.75) is 13.3 Å². The molecule has 0 spiro atoms. The maximum atomic E-state index is 12.1. The summed E-state index contributed by atoms with van der Waals surface area (Å²) in [6.07, 6.45) is 1.87.